The number of aromatic nitrogens is 1. The summed E-state index contributed by atoms with van der Waals surface area (Å²) in [6, 6.07) is 7.79. The number of para-hydroxylation sites is 1. The summed E-state index contributed by atoms with van der Waals surface area (Å²) in [7, 11) is 0. The average Bonchev–Trinajstić information content (AvgIpc) is 2.85. The number of carbonyl (C=O) groups excluding carboxylic acids is 3. The molecule has 3 amide bonds. The van der Waals surface area contributed by atoms with Crippen molar-refractivity contribution >= 4 is 39.3 Å². The second-order valence-electron chi connectivity index (χ2n) is 6.03. The van der Waals surface area contributed by atoms with Crippen LogP contribution >= 0.6 is 15.9 Å². The van der Waals surface area contributed by atoms with Gasteiger partial charge in [0.1, 0.15) is 5.92 Å². The predicted molar refractivity (Wildman–Crippen MR) is 96.6 cm³/mol. The molecule has 7 heteroatoms. The molecule has 0 saturated heterocycles. The highest BCUT2D eigenvalue weighted by molar-refractivity contribution is 9.10. The Morgan fingerprint density at radius 1 is 1.24 bits per heavy atom. The van der Waals surface area contributed by atoms with Crippen molar-refractivity contribution in [3.8, 4) is 0 Å². The summed E-state index contributed by atoms with van der Waals surface area (Å²) < 4.78 is 0.645. The molecule has 1 N–H and O–H groups in total. The monoisotopic (exact) mass is 401 g/mol. The van der Waals surface area contributed by atoms with E-state index in [4.69, 9.17) is 0 Å². The molecule has 2 aromatic rings. The van der Waals surface area contributed by atoms with Gasteiger partial charge in [0.25, 0.3) is 5.91 Å². The van der Waals surface area contributed by atoms with Gasteiger partial charge in [-0.25, -0.2) is 9.69 Å². The molecule has 1 unspecified atom stereocenters. The van der Waals surface area contributed by atoms with E-state index < -0.39 is 17.9 Å². The molecule has 0 saturated carbocycles. The number of nitrogens with one attached hydrogen (secondary N) is 1. The van der Waals surface area contributed by atoms with Gasteiger partial charge in [0.05, 0.1) is 5.69 Å². The Bertz CT molecular complexity index is 866. The Labute approximate surface area is 153 Å². The second kappa shape index (κ2) is 6.76. The first kappa shape index (κ1) is 17.3. The summed E-state index contributed by atoms with van der Waals surface area (Å²) >= 11 is 3.27. The van der Waals surface area contributed by atoms with Crippen LogP contribution in [0, 0.1) is 0 Å². The first-order valence-corrected chi connectivity index (χ1v) is 8.57. The molecule has 25 heavy (non-hydrogen) atoms. The van der Waals surface area contributed by atoms with Gasteiger partial charge in [-0.05, 0) is 47.5 Å². The maximum absolute atomic E-state index is 12.9. The first-order chi connectivity index (χ1) is 11.9. The fourth-order valence-corrected chi connectivity index (χ4v) is 3.17. The zero-order chi connectivity index (χ0) is 18.1. The van der Waals surface area contributed by atoms with E-state index in [0.717, 1.165) is 4.90 Å². The van der Waals surface area contributed by atoms with E-state index in [2.05, 4.69) is 26.2 Å². The third-order valence-electron chi connectivity index (χ3n) is 3.82. The molecule has 1 atom stereocenters. The largest absolute Gasteiger partial charge is 0.335 e. The number of amides is 3. The maximum Gasteiger partial charge on any atom is 0.328 e. The number of imide groups is 1. The molecule has 0 bridgehead atoms. The number of hydrogen-bond donors (Lipinski definition) is 1. The van der Waals surface area contributed by atoms with E-state index in [9.17, 15) is 14.4 Å². The zero-order valence-electron chi connectivity index (χ0n) is 13.7. The van der Waals surface area contributed by atoms with E-state index in [-0.39, 0.29) is 11.8 Å². The Hall–Kier alpha value is -2.54. The summed E-state index contributed by atoms with van der Waals surface area (Å²) in [5.74, 6) is -1.99. The summed E-state index contributed by atoms with van der Waals surface area (Å²) in [4.78, 5) is 43.3. The second-order valence-corrected chi connectivity index (χ2v) is 6.94. The third kappa shape index (κ3) is 3.19. The molecule has 0 fully saturated rings. The van der Waals surface area contributed by atoms with Gasteiger partial charge in [-0.2, -0.15) is 0 Å². The van der Waals surface area contributed by atoms with E-state index in [1.54, 1.807) is 50.4 Å². The van der Waals surface area contributed by atoms with Crippen LogP contribution in [-0.2, 0) is 4.79 Å². The minimum Gasteiger partial charge on any atom is -0.335 e. The highest BCUT2D eigenvalue weighted by Gasteiger charge is 2.44. The molecule has 6 nitrogen and oxygen atoms in total. The molecule has 128 valence electrons. The number of Topliss-reactive ketones (excluding diaryl/α,β-unsaturated/α-hetero) is 1. The number of halogens is 1. The van der Waals surface area contributed by atoms with Crippen LogP contribution in [0.15, 0.2) is 47.2 Å². The molecule has 1 aromatic carbocycles. The lowest BCUT2D eigenvalue weighted by molar-refractivity contribution is -0.117. The van der Waals surface area contributed by atoms with Crippen LogP contribution < -0.4 is 10.2 Å². The first-order valence-electron chi connectivity index (χ1n) is 7.78. The number of benzene rings is 1. The van der Waals surface area contributed by atoms with Crippen LogP contribution in [0.1, 0.15) is 35.7 Å². The van der Waals surface area contributed by atoms with Crippen molar-refractivity contribution in [2.45, 2.75) is 25.8 Å². The molecule has 0 spiro atoms. The van der Waals surface area contributed by atoms with Gasteiger partial charge in [0.2, 0.25) is 0 Å². The standard InChI is InChI=1S/C18H16BrN3O3/c1-10(2)21-18(25)22-14-6-4-3-5-13(14)15(17(22)24)16(23)11-7-12(19)9-20-8-11/h3-10,15H,1-2H3,(H,21,25). The Balaban J connectivity index is 2.02. The minimum atomic E-state index is -1.05. The molecule has 1 aromatic heterocycles. The molecule has 2 heterocycles. The fourth-order valence-electron chi connectivity index (χ4n) is 2.80. The number of nitrogens with zero attached hydrogens (tertiary/aromatic N) is 2. The van der Waals surface area contributed by atoms with Gasteiger partial charge in [0.15, 0.2) is 5.78 Å². The average molecular weight is 402 g/mol. The van der Waals surface area contributed by atoms with Crippen LogP contribution in [0.25, 0.3) is 0 Å². The van der Waals surface area contributed by atoms with Crippen LogP contribution in [0.3, 0.4) is 0 Å². The Morgan fingerprint density at radius 3 is 2.64 bits per heavy atom. The van der Waals surface area contributed by atoms with Gasteiger partial charge in [-0.15, -0.1) is 0 Å². The van der Waals surface area contributed by atoms with Gasteiger partial charge in [0, 0.05) is 28.5 Å². The number of hydrogen-bond acceptors (Lipinski definition) is 4. The Morgan fingerprint density at radius 2 is 1.96 bits per heavy atom. The van der Waals surface area contributed by atoms with Gasteiger partial charge < -0.3 is 5.32 Å². The molecular formula is C18H16BrN3O3. The van der Waals surface area contributed by atoms with Gasteiger partial charge in [-0.3, -0.25) is 14.6 Å². The summed E-state index contributed by atoms with van der Waals surface area (Å²) in [6.45, 7) is 3.61. The van der Waals surface area contributed by atoms with E-state index >= 15 is 0 Å². The molecular weight excluding hydrogens is 386 g/mol. The van der Waals surface area contributed by atoms with Crippen molar-refractivity contribution in [3.63, 3.8) is 0 Å². The predicted octanol–water partition coefficient (Wildman–Crippen LogP) is 3.28. The van der Waals surface area contributed by atoms with Gasteiger partial charge >= 0.3 is 6.03 Å². The normalized spacial score (nSPS) is 16.1. The SMILES string of the molecule is CC(C)NC(=O)N1C(=O)C(C(=O)c2cncc(Br)c2)c2ccccc21. The topological polar surface area (TPSA) is 79.4 Å². The van der Waals surface area contributed by atoms with E-state index in [1.807, 2.05) is 0 Å². The van der Waals surface area contributed by atoms with Crippen molar-refractivity contribution in [3.05, 3.63) is 58.3 Å². The van der Waals surface area contributed by atoms with Crippen molar-refractivity contribution in [1.29, 1.82) is 0 Å². The number of fused-ring (bicyclic) bond motifs is 1. The lowest BCUT2D eigenvalue weighted by atomic mass is 9.92. The summed E-state index contributed by atoms with van der Waals surface area (Å²) in [5, 5.41) is 2.70. The number of carbonyl (C=O) groups is 3. The highest BCUT2D eigenvalue weighted by Crippen LogP contribution is 2.39. The maximum atomic E-state index is 12.9. The smallest absolute Gasteiger partial charge is 0.328 e. The Kier molecular flexibility index (Phi) is 4.67. The zero-order valence-corrected chi connectivity index (χ0v) is 15.3. The number of anilines is 1. The van der Waals surface area contributed by atoms with Gasteiger partial charge in [-0.1, -0.05) is 18.2 Å². The molecule has 1 aliphatic rings. The minimum absolute atomic E-state index is 0.128. The van der Waals surface area contributed by atoms with E-state index in [0.29, 0.717) is 21.3 Å². The van der Waals surface area contributed by atoms with Crippen molar-refractivity contribution in [2.75, 3.05) is 4.90 Å². The molecule has 0 aliphatic carbocycles. The number of urea groups is 1. The fraction of sp³-hybridized carbons (Fsp3) is 0.222. The summed E-state index contributed by atoms with van der Waals surface area (Å²) in [5.41, 5.74) is 1.27. The number of ketones is 1. The molecule has 0 radical (unpaired) electrons. The van der Waals surface area contributed by atoms with E-state index in [1.165, 1.54) is 6.20 Å². The molecule has 1 aliphatic heterocycles. The number of pyridine rings is 1. The van der Waals surface area contributed by atoms with Crippen LogP contribution in [0.4, 0.5) is 10.5 Å². The van der Waals surface area contributed by atoms with Crippen molar-refractivity contribution < 1.29 is 14.4 Å². The number of rotatable bonds is 3. The van der Waals surface area contributed by atoms with Crippen molar-refractivity contribution in [1.82, 2.24) is 10.3 Å². The van der Waals surface area contributed by atoms with Crippen LogP contribution in [-0.4, -0.2) is 28.7 Å². The quantitative estimate of drug-likeness (QED) is 0.632. The summed E-state index contributed by atoms with van der Waals surface area (Å²) in [6.07, 6.45) is 2.98. The lowest BCUT2D eigenvalue weighted by Crippen LogP contribution is -2.45. The van der Waals surface area contributed by atoms with Crippen LogP contribution in [0.5, 0.6) is 0 Å². The highest BCUT2D eigenvalue weighted by atomic mass is 79.9. The molecule has 3 rings (SSSR count). The van der Waals surface area contributed by atoms with Crippen LogP contribution in [0.2, 0.25) is 0 Å². The van der Waals surface area contributed by atoms with Crippen molar-refractivity contribution in [2.24, 2.45) is 0 Å². The lowest BCUT2D eigenvalue weighted by Gasteiger charge is -2.18. The third-order valence-corrected chi connectivity index (χ3v) is 4.26.